The first-order chi connectivity index (χ1) is 12.4. The summed E-state index contributed by atoms with van der Waals surface area (Å²) >= 11 is 1.34. The molecule has 3 N–H and O–H groups in total. The van der Waals surface area contributed by atoms with E-state index < -0.39 is 24.2 Å². The molecule has 0 bridgehead atoms. The first-order valence-electron chi connectivity index (χ1n) is 8.50. The maximum absolute atomic E-state index is 12.9. The van der Waals surface area contributed by atoms with Crippen LogP contribution in [0.25, 0.3) is 10.2 Å². The molecular weight excluding hydrogens is 366 g/mol. The van der Waals surface area contributed by atoms with Gasteiger partial charge in [-0.15, -0.1) is 11.3 Å². The van der Waals surface area contributed by atoms with Crippen molar-refractivity contribution in [3.63, 3.8) is 0 Å². The van der Waals surface area contributed by atoms with E-state index in [0.717, 1.165) is 11.3 Å². The molecule has 0 radical (unpaired) electrons. The fraction of sp³-hybridized carbons (Fsp3) is 0.625. The van der Waals surface area contributed by atoms with E-state index in [1.807, 2.05) is 0 Å². The van der Waals surface area contributed by atoms with Crippen LogP contribution in [0.4, 0.5) is 8.78 Å². The number of fused-ring (bicyclic) bond motifs is 1. The zero-order chi connectivity index (χ0) is 18.8. The third-order valence-corrected chi connectivity index (χ3v) is 5.81. The fourth-order valence-electron chi connectivity index (χ4n) is 3.01. The SMILES string of the molecule is Cc1c(CNCCN)sc2c1c(=O)n(CC(F)F)c(=O)n2CC1CCO1. The summed E-state index contributed by atoms with van der Waals surface area (Å²) in [6.45, 7) is 3.35. The number of aryl methyl sites for hydroxylation is 1. The van der Waals surface area contributed by atoms with Crippen LogP contribution in [0, 0.1) is 6.92 Å². The zero-order valence-electron chi connectivity index (χ0n) is 14.5. The third kappa shape index (κ3) is 3.59. The van der Waals surface area contributed by atoms with Gasteiger partial charge in [-0.1, -0.05) is 0 Å². The van der Waals surface area contributed by atoms with Gasteiger partial charge in [0, 0.05) is 31.1 Å². The highest BCUT2D eigenvalue weighted by atomic mass is 32.1. The van der Waals surface area contributed by atoms with Gasteiger partial charge < -0.3 is 15.8 Å². The Morgan fingerprint density at radius 2 is 2.12 bits per heavy atom. The van der Waals surface area contributed by atoms with E-state index in [1.54, 1.807) is 6.92 Å². The minimum absolute atomic E-state index is 0.130. The molecule has 3 heterocycles. The van der Waals surface area contributed by atoms with E-state index in [1.165, 1.54) is 15.9 Å². The van der Waals surface area contributed by atoms with E-state index in [4.69, 9.17) is 10.5 Å². The van der Waals surface area contributed by atoms with Crippen molar-refractivity contribution in [3.8, 4) is 0 Å². The summed E-state index contributed by atoms with van der Waals surface area (Å²) in [6.07, 6.45) is -2.11. The highest BCUT2D eigenvalue weighted by Gasteiger charge is 2.25. The van der Waals surface area contributed by atoms with Gasteiger partial charge in [0.1, 0.15) is 4.83 Å². The molecule has 3 rings (SSSR count). The summed E-state index contributed by atoms with van der Waals surface area (Å²) in [5, 5.41) is 3.49. The Morgan fingerprint density at radius 1 is 1.38 bits per heavy atom. The summed E-state index contributed by atoms with van der Waals surface area (Å²) in [7, 11) is 0. The minimum Gasteiger partial charge on any atom is -0.376 e. The van der Waals surface area contributed by atoms with Gasteiger partial charge in [0.05, 0.1) is 24.6 Å². The molecule has 0 saturated carbocycles. The second kappa shape index (κ2) is 7.95. The summed E-state index contributed by atoms with van der Waals surface area (Å²) in [5.41, 5.74) is 4.82. The third-order valence-electron chi connectivity index (χ3n) is 4.50. The molecule has 144 valence electrons. The first kappa shape index (κ1) is 19.2. The molecule has 1 fully saturated rings. The topological polar surface area (TPSA) is 91.3 Å². The van der Waals surface area contributed by atoms with Crippen LogP contribution in [-0.2, 0) is 24.4 Å². The highest BCUT2D eigenvalue weighted by Crippen LogP contribution is 2.28. The Balaban J connectivity index is 2.15. The summed E-state index contributed by atoms with van der Waals surface area (Å²) < 4.78 is 33.3. The number of hydrogen-bond acceptors (Lipinski definition) is 6. The van der Waals surface area contributed by atoms with Gasteiger partial charge in [0.2, 0.25) is 0 Å². The lowest BCUT2D eigenvalue weighted by molar-refractivity contribution is -0.0593. The molecule has 0 aliphatic carbocycles. The largest absolute Gasteiger partial charge is 0.376 e. The molecule has 1 saturated heterocycles. The minimum atomic E-state index is -2.78. The fourth-order valence-corrected chi connectivity index (χ4v) is 4.27. The van der Waals surface area contributed by atoms with Crippen LogP contribution in [0.2, 0.25) is 0 Å². The van der Waals surface area contributed by atoms with Crippen molar-refractivity contribution >= 4 is 21.6 Å². The number of nitrogens with two attached hydrogens (primary N) is 1. The van der Waals surface area contributed by atoms with Crippen LogP contribution in [0.3, 0.4) is 0 Å². The Labute approximate surface area is 152 Å². The average Bonchev–Trinajstić information content (AvgIpc) is 2.87. The van der Waals surface area contributed by atoms with Crippen LogP contribution in [-0.4, -0.2) is 41.4 Å². The van der Waals surface area contributed by atoms with E-state index in [9.17, 15) is 18.4 Å². The number of hydrogen-bond donors (Lipinski definition) is 2. The number of ether oxygens (including phenoxy) is 1. The first-order valence-corrected chi connectivity index (χ1v) is 9.31. The van der Waals surface area contributed by atoms with Gasteiger partial charge in [-0.2, -0.15) is 0 Å². The standard InChI is InChI=1S/C16H22F2N4O3S/c1-9-11(6-20-4-3-19)26-15-13(9)14(23)21(8-12(17)18)16(24)22(15)7-10-2-5-25-10/h10,12,20H,2-8,19H2,1H3. The molecule has 26 heavy (non-hydrogen) atoms. The lowest BCUT2D eigenvalue weighted by Gasteiger charge is -2.27. The van der Waals surface area contributed by atoms with Gasteiger partial charge in [0.15, 0.2) is 0 Å². The second-order valence-corrected chi connectivity index (χ2v) is 7.36. The molecule has 0 spiro atoms. The molecule has 10 heteroatoms. The second-order valence-electron chi connectivity index (χ2n) is 6.28. The van der Waals surface area contributed by atoms with Crippen molar-refractivity contribution < 1.29 is 13.5 Å². The lowest BCUT2D eigenvalue weighted by Crippen LogP contribution is -2.44. The number of rotatable bonds is 8. The molecule has 1 unspecified atom stereocenters. The van der Waals surface area contributed by atoms with Gasteiger partial charge in [-0.05, 0) is 18.9 Å². The van der Waals surface area contributed by atoms with E-state index in [2.05, 4.69) is 5.32 Å². The summed E-state index contributed by atoms with van der Waals surface area (Å²) in [4.78, 5) is 26.8. The Bertz CT molecular complexity index is 902. The molecular formula is C16H22F2N4O3S. The molecule has 0 amide bonds. The number of halogens is 2. The smallest absolute Gasteiger partial charge is 0.332 e. The summed E-state index contributed by atoms with van der Waals surface area (Å²) in [5.74, 6) is 0. The molecule has 1 atom stereocenters. The highest BCUT2D eigenvalue weighted by molar-refractivity contribution is 7.18. The average molecular weight is 388 g/mol. The van der Waals surface area contributed by atoms with Crippen molar-refractivity contribution in [1.82, 2.24) is 14.5 Å². The van der Waals surface area contributed by atoms with Gasteiger partial charge in [-0.3, -0.25) is 13.9 Å². The number of alkyl halides is 2. The van der Waals surface area contributed by atoms with E-state index in [-0.39, 0.29) is 12.6 Å². The Morgan fingerprint density at radius 3 is 2.69 bits per heavy atom. The Hall–Kier alpha value is -1.62. The van der Waals surface area contributed by atoms with E-state index >= 15 is 0 Å². The molecule has 7 nitrogen and oxygen atoms in total. The van der Waals surface area contributed by atoms with Crippen LogP contribution in [0.1, 0.15) is 16.9 Å². The predicted molar refractivity (Wildman–Crippen MR) is 96.2 cm³/mol. The van der Waals surface area contributed by atoms with Gasteiger partial charge >= 0.3 is 5.69 Å². The van der Waals surface area contributed by atoms with E-state index in [0.29, 0.717) is 46.6 Å². The maximum atomic E-state index is 12.9. The number of nitrogens with one attached hydrogen (secondary N) is 1. The molecule has 2 aromatic rings. The molecule has 1 aliphatic rings. The molecule has 1 aliphatic heterocycles. The molecule has 2 aromatic heterocycles. The number of aromatic nitrogens is 2. The van der Waals surface area contributed by atoms with Crippen LogP contribution in [0.15, 0.2) is 9.59 Å². The van der Waals surface area contributed by atoms with Crippen LogP contribution in [0.5, 0.6) is 0 Å². The maximum Gasteiger partial charge on any atom is 0.332 e. The molecule has 0 aromatic carbocycles. The zero-order valence-corrected chi connectivity index (χ0v) is 15.3. The quantitative estimate of drug-likeness (QED) is 0.648. The predicted octanol–water partition coefficient (Wildman–Crippen LogP) is 0.635. The number of nitrogens with zero attached hydrogens (tertiary/aromatic N) is 2. The van der Waals surface area contributed by atoms with Crippen molar-refractivity contribution in [3.05, 3.63) is 31.3 Å². The van der Waals surface area contributed by atoms with Crippen molar-refractivity contribution in [1.29, 1.82) is 0 Å². The Kier molecular flexibility index (Phi) is 5.86. The normalized spacial score (nSPS) is 17.2. The van der Waals surface area contributed by atoms with Crippen molar-refractivity contribution in [2.75, 3.05) is 19.7 Å². The summed E-state index contributed by atoms with van der Waals surface area (Å²) in [6, 6.07) is 0. The van der Waals surface area contributed by atoms with Crippen molar-refractivity contribution in [2.45, 2.75) is 45.5 Å². The van der Waals surface area contributed by atoms with Crippen LogP contribution < -0.4 is 22.3 Å². The lowest BCUT2D eigenvalue weighted by atomic mass is 10.2. The van der Waals surface area contributed by atoms with Crippen LogP contribution >= 0.6 is 11.3 Å². The monoisotopic (exact) mass is 388 g/mol. The van der Waals surface area contributed by atoms with Crippen molar-refractivity contribution in [2.24, 2.45) is 5.73 Å². The van der Waals surface area contributed by atoms with Gasteiger partial charge in [0.25, 0.3) is 12.0 Å². The number of thiophene rings is 1. The van der Waals surface area contributed by atoms with Gasteiger partial charge in [-0.25, -0.2) is 13.6 Å².